The maximum absolute atomic E-state index is 9.49. The molecule has 2 N–H and O–H groups in total. The van der Waals surface area contributed by atoms with Crippen LogP contribution in [0.1, 0.15) is 51.5 Å². The number of benzene rings is 1. The molecule has 5 rings (SSSR count). The van der Waals surface area contributed by atoms with Crippen molar-refractivity contribution in [3.63, 3.8) is 0 Å². The van der Waals surface area contributed by atoms with Gasteiger partial charge in [-0.15, -0.1) is 0 Å². The first kappa shape index (κ1) is 24.8. The molecule has 184 valence electrons. The van der Waals surface area contributed by atoms with Crippen molar-refractivity contribution >= 4 is 49.7 Å². The van der Waals surface area contributed by atoms with Crippen molar-refractivity contribution in [2.45, 2.75) is 63.7 Å². The van der Waals surface area contributed by atoms with Crippen molar-refractivity contribution in [2.24, 2.45) is 0 Å². The molecular formula is C26H32B2N6O2. The van der Waals surface area contributed by atoms with Crippen molar-refractivity contribution in [1.29, 1.82) is 0 Å². The number of nitrogens with one attached hydrogen (secondary N) is 1. The van der Waals surface area contributed by atoms with Crippen molar-refractivity contribution in [1.82, 2.24) is 15.0 Å². The average molecular weight is 482 g/mol. The first-order valence-corrected chi connectivity index (χ1v) is 12.7. The predicted octanol–water partition coefficient (Wildman–Crippen LogP) is 3.42. The van der Waals surface area contributed by atoms with Gasteiger partial charge in [-0.25, -0.2) is 9.97 Å². The first-order valence-electron chi connectivity index (χ1n) is 12.7. The Morgan fingerprint density at radius 1 is 1.06 bits per heavy atom. The summed E-state index contributed by atoms with van der Waals surface area (Å²) in [5.41, 5.74) is 0.457. The molecule has 10 heteroatoms. The van der Waals surface area contributed by atoms with E-state index in [0.29, 0.717) is 49.7 Å². The number of fused-ring (bicyclic) bond motifs is 1. The van der Waals surface area contributed by atoms with Gasteiger partial charge in [-0.3, -0.25) is 0 Å². The Bertz CT molecular complexity index is 1230. The van der Waals surface area contributed by atoms with Crippen LogP contribution in [0.25, 0.3) is 10.8 Å². The molecule has 4 radical (unpaired) electrons. The summed E-state index contributed by atoms with van der Waals surface area (Å²) in [5, 5.41) is 15.3. The number of hydrogen-bond acceptors (Lipinski definition) is 8. The molecule has 2 aliphatic heterocycles. The Morgan fingerprint density at radius 2 is 1.83 bits per heavy atom. The van der Waals surface area contributed by atoms with Crippen molar-refractivity contribution < 1.29 is 9.84 Å². The molecule has 0 amide bonds. The smallest absolute Gasteiger partial charge is 0.227 e. The zero-order valence-corrected chi connectivity index (χ0v) is 21.2. The van der Waals surface area contributed by atoms with Crippen LogP contribution in [0, 0.1) is 0 Å². The van der Waals surface area contributed by atoms with Gasteiger partial charge in [-0.05, 0) is 61.3 Å². The fourth-order valence-electron chi connectivity index (χ4n) is 5.09. The third kappa shape index (κ3) is 5.30. The van der Waals surface area contributed by atoms with Gasteiger partial charge in [-0.2, -0.15) is 4.98 Å². The fraction of sp³-hybridized carbons (Fsp3) is 0.500. The number of aromatic nitrogens is 3. The van der Waals surface area contributed by atoms with Gasteiger partial charge in [0, 0.05) is 49.1 Å². The molecule has 0 spiro atoms. The SMILES string of the molecule is [B]C([B])(O)OC1CCN(c2nccc(Nc3cc4c(C(C)C)ccc(N5CCC5C)c4cn3)n2)CC1. The van der Waals surface area contributed by atoms with Gasteiger partial charge in [0.2, 0.25) is 5.95 Å². The van der Waals surface area contributed by atoms with E-state index in [1.807, 2.05) is 12.3 Å². The Labute approximate surface area is 215 Å². The average Bonchev–Trinajstić information content (AvgIpc) is 2.82. The van der Waals surface area contributed by atoms with E-state index in [9.17, 15) is 5.11 Å². The van der Waals surface area contributed by atoms with Crippen LogP contribution in [0.2, 0.25) is 0 Å². The molecule has 4 heterocycles. The minimum atomic E-state index is -2.11. The van der Waals surface area contributed by atoms with Gasteiger partial charge in [0.1, 0.15) is 27.3 Å². The summed E-state index contributed by atoms with van der Waals surface area (Å²) in [6, 6.07) is 9.03. The summed E-state index contributed by atoms with van der Waals surface area (Å²) in [4.78, 5) is 18.5. The van der Waals surface area contributed by atoms with E-state index in [-0.39, 0.29) is 6.10 Å². The molecule has 2 aliphatic rings. The van der Waals surface area contributed by atoms with Gasteiger partial charge in [0.15, 0.2) is 0 Å². The quantitative estimate of drug-likeness (QED) is 0.392. The van der Waals surface area contributed by atoms with Gasteiger partial charge in [0.25, 0.3) is 0 Å². The number of rotatable bonds is 7. The second-order valence-corrected chi connectivity index (χ2v) is 10.2. The molecule has 0 saturated carbocycles. The normalized spacial score (nSPS) is 19.1. The largest absolute Gasteiger partial charge is 0.384 e. The topological polar surface area (TPSA) is 86.6 Å². The second kappa shape index (κ2) is 9.90. The lowest BCUT2D eigenvalue weighted by Gasteiger charge is -2.41. The van der Waals surface area contributed by atoms with Crippen molar-refractivity contribution in [3.8, 4) is 0 Å². The third-order valence-corrected chi connectivity index (χ3v) is 7.14. The molecule has 8 nitrogen and oxygen atoms in total. The summed E-state index contributed by atoms with van der Waals surface area (Å²) in [6.07, 6.45) is 6.08. The molecule has 36 heavy (non-hydrogen) atoms. The molecule has 0 aliphatic carbocycles. The van der Waals surface area contributed by atoms with E-state index in [4.69, 9.17) is 30.4 Å². The van der Waals surface area contributed by atoms with Crippen molar-refractivity contribution in [3.05, 3.63) is 42.2 Å². The summed E-state index contributed by atoms with van der Waals surface area (Å²) in [6.45, 7) is 9.15. The van der Waals surface area contributed by atoms with Crippen LogP contribution >= 0.6 is 0 Å². The second-order valence-electron chi connectivity index (χ2n) is 10.2. The Morgan fingerprint density at radius 3 is 2.47 bits per heavy atom. The van der Waals surface area contributed by atoms with E-state index < -0.39 is 5.59 Å². The lowest BCUT2D eigenvalue weighted by atomic mass is 9.76. The highest BCUT2D eigenvalue weighted by Gasteiger charge is 2.27. The Kier molecular flexibility index (Phi) is 6.83. The lowest BCUT2D eigenvalue weighted by molar-refractivity contribution is -0.121. The van der Waals surface area contributed by atoms with Gasteiger partial charge >= 0.3 is 0 Å². The number of pyridine rings is 1. The molecule has 1 unspecified atom stereocenters. The van der Waals surface area contributed by atoms with Crippen molar-refractivity contribution in [2.75, 3.05) is 34.8 Å². The Hall–Kier alpha value is -2.84. The highest BCUT2D eigenvalue weighted by Crippen LogP contribution is 2.37. The number of ether oxygens (including phenoxy) is 1. The van der Waals surface area contributed by atoms with E-state index in [0.717, 1.165) is 12.4 Å². The van der Waals surface area contributed by atoms with Gasteiger partial charge in [0.05, 0.1) is 11.7 Å². The Balaban J connectivity index is 1.35. The summed E-state index contributed by atoms with van der Waals surface area (Å²) in [7, 11) is 10.7. The molecule has 0 bridgehead atoms. The highest BCUT2D eigenvalue weighted by molar-refractivity contribution is 6.37. The first-order chi connectivity index (χ1) is 17.2. The van der Waals surface area contributed by atoms with Gasteiger partial charge in [-0.1, -0.05) is 19.9 Å². The standard InChI is InChI=1S/C26H32B2N6O2/c1-16(2)19-4-5-22(34-13-7-17(34)3)21-15-30-24(14-20(19)21)31-23-6-10-29-25(32-23)33-11-8-18(9-12-33)36-26(27,28)35/h4-6,10,14-18,35H,7-9,11-13H2,1-3H3,(H,29,30,31,32). The van der Waals surface area contributed by atoms with Gasteiger partial charge < -0.3 is 25.0 Å². The van der Waals surface area contributed by atoms with Crippen LogP contribution in [0.3, 0.4) is 0 Å². The molecule has 1 atom stereocenters. The minimum absolute atomic E-state index is 0.205. The number of aliphatic hydroxyl groups is 1. The van der Waals surface area contributed by atoms with Crippen LogP contribution in [0.4, 0.5) is 23.3 Å². The van der Waals surface area contributed by atoms with E-state index >= 15 is 0 Å². The number of nitrogens with zero attached hydrogens (tertiary/aromatic N) is 5. The maximum Gasteiger partial charge on any atom is 0.227 e. The lowest BCUT2D eigenvalue weighted by Crippen LogP contribution is -2.45. The number of anilines is 4. The zero-order chi connectivity index (χ0) is 25.4. The van der Waals surface area contributed by atoms with E-state index in [1.165, 1.54) is 28.4 Å². The zero-order valence-electron chi connectivity index (χ0n) is 21.2. The van der Waals surface area contributed by atoms with Crippen LogP contribution in [-0.4, -0.2) is 73.1 Å². The monoisotopic (exact) mass is 482 g/mol. The molecule has 2 saturated heterocycles. The number of piperidine rings is 1. The van der Waals surface area contributed by atoms with Crippen LogP contribution in [0.5, 0.6) is 0 Å². The minimum Gasteiger partial charge on any atom is -0.384 e. The molecular weight excluding hydrogens is 450 g/mol. The van der Waals surface area contributed by atoms with Crippen LogP contribution in [0.15, 0.2) is 36.7 Å². The molecule has 2 fully saturated rings. The third-order valence-electron chi connectivity index (χ3n) is 7.14. The molecule has 3 aromatic rings. The fourth-order valence-corrected chi connectivity index (χ4v) is 5.09. The highest BCUT2D eigenvalue weighted by atomic mass is 16.6. The van der Waals surface area contributed by atoms with E-state index in [1.54, 1.807) is 6.20 Å². The summed E-state index contributed by atoms with van der Waals surface area (Å²) >= 11 is 0. The van der Waals surface area contributed by atoms with E-state index in [2.05, 4.69) is 59.1 Å². The van der Waals surface area contributed by atoms with Crippen LogP contribution < -0.4 is 15.1 Å². The summed E-state index contributed by atoms with van der Waals surface area (Å²) < 4.78 is 5.29. The number of hydrogen-bond donors (Lipinski definition) is 2. The van der Waals surface area contributed by atoms with Crippen LogP contribution in [-0.2, 0) is 4.74 Å². The molecule has 1 aromatic carbocycles. The summed E-state index contributed by atoms with van der Waals surface area (Å²) in [5.74, 6) is 2.46. The predicted molar refractivity (Wildman–Crippen MR) is 145 cm³/mol. The molecule has 2 aromatic heterocycles. The maximum atomic E-state index is 9.49.